The zero-order valence-electron chi connectivity index (χ0n) is 19.4. The van der Waals surface area contributed by atoms with Crippen LogP contribution in [0.3, 0.4) is 0 Å². The zero-order chi connectivity index (χ0) is 24.8. The average Bonchev–Trinajstić information content (AvgIpc) is 2.86. The van der Waals surface area contributed by atoms with E-state index in [9.17, 15) is 14.4 Å². The van der Waals surface area contributed by atoms with E-state index in [4.69, 9.17) is 4.74 Å². The first-order valence-corrected chi connectivity index (χ1v) is 12.0. The second kappa shape index (κ2) is 11.0. The number of hydrogen-bond acceptors (Lipinski definition) is 7. The third-order valence-corrected chi connectivity index (χ3v) is 6.08. The van der Waals surface area contributed by atoms with Crippen LogP contribution in [0.25, 0.3) is 16.7 Å². The van der Waals surface area contributed by atoms with Gasteiger partial charge in [-0.3, -0.25) is 14.4 Å². The Morgan fingerprint density at radius 2 is 1.80 bits per heavy atom. The van der Waals surface area contributed by atoms with Gasteiger partial charge < -0.3 is 9.64 Å². The summed E-state index contributed by atoms with van der Waals surface area (Å²) in [6, 6.07) is 19.6. The number of aryl methyl sites for hydroxylation is 1. The van der Waals surface area contributed by atoms with Gasteiger partial charge in [0.1, 0.15) is 12.4 Å². The van der Waals surface area contributed by atoms with Crippen LogP contribution >= 0.6 is 11.8 Å². The molecule has 1 amide bonds. The molecule has 0 radical (unpaired) electrons. The maximum absolute atomic E-state index is 13.4. The standard InChI is InChI=1S/C26H24N4O4S/c1-3-34-24(32)16-29(19-9-5-4-6-10-19)23(31)17-35-26-28-21-12-8-7-11-20(21)25(33)30(26)22-15-18(2)13-14-27-22/h4-15H,3,16-17H2,1-2H3. The van der Waals surface area contributed by atoms with Crippen LogP contribution in [-0.2, 0) is 14.3 Å². The fourth-order valence-electron chi connectivity index (χ4n) is 3.53. The first-order valence-electron chi connectivity index (χ1n) is 11.1. The molecular weight excluding hydrogens is 464 g/mol. The molecule has 0 saturated carbocycles. The van der Waals surface area contributed by atoms with Gasteiger partial charge in [-0.15, -0.1) is 0 Å². The van der Waals surface area contributed by atoms with Crippen molar-refractivity contribution in [1.29, 1.82) is 0 Å². The molecule has 9 heteroatoms. The molecule has 2 aromatic heterocycles. The summed E-state index contributed by atoms with van der Waals surface area (Å²) in [6.45, 7) is 3.64. The number of anilines is 1. The van der Waals surface area contributed by atoms with Gasteiger partial charge >= 0.3 is 5.97 Å². The lowest BCUT2D eigenvalue weighted by atomic mass is 10.2. The first kappa shape index (κ1) is 24.2. The first-order chi connectivity index (χ1) is 17.0. The molecule has 0 atom stereocenters. The predicted molar refractivity (Wildman–Crippen MR) is 136 cm³/mol. The van der Waals surface area contributed by atoms with Crippen molar-refractivity contribution in [2.75, 3.05) is 23.8 Å². The highest BCUT2D eigenvalue weighted by molar-refractivity contribution is 7.99. The predicted octanol–water partition coefficient (Wildman–Crippen LogP) is 3.78. The maximum atomic E-state index is 13.4. The highest BCUT2D eigenvalue weighted by Crippen LogP contribution is 2.23. The van der Waals surface area contributed by atoms with Gasteiger partial charge in [0.15, 0.2) is 5.16 Å². The number of hydrogen-bond donors (Lipinski definition) is 0. The minimum Gasteiger partial charge on any atom is -0.465 e. The molecule has 2 aromatic carbocycles. The number of esters is 1. The highest BCUT2D eigenvalue weighted by Gasteiger charge is 2.22. The number of pyridine rings is 1. The van der Waals surface area contributed by atoms with E-state index in [1.807, 2.05) is 19.1 Å². The molecule has 4 aromatic rings. The highest BCUT2D eigenvalue weighted by atomic mass is 32.2. The van der Waals surface area contributed by atoms with Gasteiger partial charge in [-0.25, -0.2) is 14.5 Å². The summed E-state index contributed by atoms with van der Waals surface area (Å²) in [7, 11) is 0. The largest absolute Gasteiger partial charge is 0.465 e. The molecule has 178 valence electrons. The van der Waals surface area contributed by atoms with Crippen LogP contribution in [0.5, 0.6) is 0 Å². The summed E-state index contributed by atoms with van der Waals surface area (Å²) in [6.07, 6.45) is 1.63. The maximum Gasteiger partial charge on any atom is 0.326 e. The quantitative estimate of drug-likeness (QED) is 0.212. The lowest BCUT2D eigenvalue weighted by molar-refractivity contribution is -0.142. The van der Waals surface area contributed by atoms with E-state index in [0.717, 1.165) is 17.3 Å². The molecule has 0 unspecified atom stereocenters. The van der Waals surface area contributed by atoms with Crippen molar-refractivity contribution < 1.29 is 14.3 Å². The number of ether oxygens (including phenoxy) is 1. The van der Waals surface area contributed by atoms with Crippen LogP contribution < -0.4 is 10.5 Å². The van der Waals surface area contributed by atoms with Gasteiger partial charge in [-0.2, -0.15) is 0 Å². The van der Waals surface area contributed by atoms with E-state index in [1.54, 1.807) is 67.7 Å². The second-order valence-electron chi connectivity index (χ2n) is 7.65. The van der Waals surface area contributed by atoms with E-state index < -0.39 is 5.97 Å². The van der Waals surface area contributed by atoms with Gasteiger partial charge in [-0.05, 0) is 55.8 Å². The van der Waals surface area contributed by atoms with Crippen molar-refractivity contribution >= 4 is 40.2 Å². The lowest BCUT2D eigenvalue weighted by Crippen LogP contribution is -2.38. The fourth-order valence-corrected chi connectivity index (χ4v) is 4.40. The van der Waals surface area contributed by atoms with Crippen molar-refractivity contribution in [3.63, 3.8) is 0 Å². The monoisotopic (exact) mass is 488 g/mol. The average molecular weight is 489 g/mol. The Bertz CT molecular complexity index is 1420. The number of para-hydroxylation sites is 2. The number of carbonyl (C=O) groups is 2. The molecule has 0 saturated heterocycles. The van der Waals surface area contributed by atoms with Gasteiger partial charge in [0, 0.05) is 11.9 Å². The molecule has 8 nitrogen and oxygen atoms in total. The normalized spacial score (nSPS) is 10.8. The number of amides is 1. The number of benzene rings is 2. The summed E-state index contributed by atoms with van der Waals surface area (Å²) in [5, 5.41) is 0.795. The minimum atomic E-state index is -0.501. The van der Waals surface area contributed by atoms with Gasteiger partial charge in [-0.1, -0.05) is 42.1 Å². The van der Waals surface area contributed by atoms with E-state index in [1.165, 1.54) is 9.47 Å². The molecule has 0 bridgehead atoms. The molecule has 2 heterocycles. The van der Waals surface area contributed by atoms with Crippen LogP contribution in [0.1, 0.15) is 12.5 Å². The Morgan fingerprint density at radius 3 is 2.54 bits per heavy atom. The number of rotatable bonds is 8. The summed E-state index contributed by atoms with van der Waals surface area (Å²) in [5.41, 5.74) is 1.78. The van der Waals surface area contributed by atoms with Crippen LogP contribution in [0.2, 0.25) is 0 Å². The van der Waals surface area contributed by atoms with Crippen LogP contribution in [0.4, 0.5) is 5.69 Å². The Labute approximate surface area is 206 Å². The SMILES string of the molecule is CCOC(=O)CN(C(=O)CSc1nc2ccccc2c(=O)n1-c1cc(C)ccn1)c1ccccc1. The smallest absolute Gasteiger partial charge is 0.326 e. The van der Waals surface area contributed by atoms with Crippen LogP contribution in [-0.4, -0.2) is 45.3 Å². The third-order valence-electron chi connectivity index (χ3n) is 5.16. The number of fused-ring (bicyclic) bond motifs is 1. The van der Waals surface area contributed by atoms with E-state index in [0.29, 0.717) is 27.6 Å². The molecule has 0 aliphatic heterocycles. The zero-order valence-corrected chi connectivity index (χ0v) is 20.2. The van der Waals surface area contributed by atoms with Gasteiger partial charge in [0.05, 0.1) is 23.3 Å². The lowest BCUT2D eigenvalue weighted by Gasteiger charge is -2.22. The molecular formula is C26H24N4O4S. The van der Waals surface area contributed by atoms with Crippen molar-refractivity contribution in [2.24, 2.45) is 0 Å². The van der Waals surface area contributed by atoms with Crippen molar-refractivity contribution in [1.82, 2.24) is 14.5 Å². The van der Waals surface area contributed by atoms with E-state index in [2.05, 4.69) is 9.97 Å². The molecule has 0 fully saturated rings. The topological polar surface area (TPSA) is 94.4 Å². The summed E-state index contributed by atoms with van der Waals surface area (Å²) in [4.78, 5) is 49.2. The van der Waals surface area contributed by atoms with Crippen molar-refractivity contribution in [2.45, 2.75) is 19.0 Å². The summed E-state index contributed by atoms with van der Waals surface area (Å²) in [5.74, 6) is -0.445. The number of carbonyl (C=O) groups excluding carboxylic acids is 2. The fraction of sp³-hybridized carbons (Fsp3) is 0.192. The molecule has 0 spiro atoms. The van der Waals surface area contributed by atoms with Crippen molar-refractivity contribution in [3.8, 4) is 5.82 Å². The molecule has 0 N–H and O–H groups in total. The number of thioether (sulfide) groups is 1. The van der Waals surface area contributed by atoms with E-state index in [-0.39, 0.29) is 30.4 Å². The van der Waals surface area contributed by atoms with Crippen LogP contribution in [0.15, 0.2) is 82.9 Å². The van der Waals surface area contributed by atoms with Gasteiger partial charge in [0.25, 0.3) is 5.56 Å². The molecule has 35 heavy (non-hydrogen) atoms. The van der Waals surface area contributed by atoms with Crippen LogP contribution in [0, 0.1) is 6.92 Å². The Hall–Kier alpha value is -3.98. The minimum absolute atomic E-state index is 0.0507. The molecule has 4 rings (SSSR count). The second-order valence-corrected chi connectivity index (χ2v) is 8.60. The number of aromatic nitrogens is 3. The van der Waals surface area contributed by atoms with Crippen molar-refractivity contribution in [3.05, 3.63) is 88.8 Å². The Morgan fingerprint density at radius 1 is 1.06 bits per heavy atom. The van der Waals surface area contributed by atoms with E-state index >= 15 is 0 Å². The third kappa shape index (κ3) is 5.58. The molecule has 0 aliphatic rings. The molecule has 0 aliphatic carbocycles. The van der Waals surface area contributed by atoms with Gasteiger partial charge in [0.2, 0.25) is 5.91 Å². The Balaban J connectivity index is 1.69. The number of nitrogens with zero attached hydrogens (tertiary/aromatic N) is 4. The summed E-state index contributed by atoms with van der Waals surface area (Å²) < 4.78 is 6.48. The summed E-state index contributed by atoms with van der Waals surface area (Å²) >= 11 is 1.12. The Kier molecular flexibility index (Phi) is 7.57.